The van der Waals surface area contributed by atoms with E-state index in [0.717, 1.165) is 0 Å². The summed E-state index contributed by atoms with van der Waals surface area (Å²) >= 11 is 0. The number of rotatable bonds is 3. The Labute approximate surface area is 234 Å². The molecule has 8 heteroatoms. The van der Waals surface area contributed by atoms with Gasteiger partial charge in [0.15, 0.2) is 0 Å². The van der Waals surface area contributed by atoms with Gasteiger partial charge in [-0.15, -0.1) is 0 Å². The number of hydrogen-bond acceptors (Lipinski definition) is 4. The molecule has 0 amide bonds. The van der Waals surface area contributed by atoms with Crippen LogP contribution in [0.2, 0.25) is 0 Å². The first-order valence-electron chi connectivity index (χ1n) is 13.0. The van der Waals surface area contributed by atoms with Crippen LogP contribution < -0.4 is 33.7 Å². The molecule has 8 rings (SSSR count). The van der Waals surface area contributed by atoms with Crippen LogP contribution in [-0.4, -0.2) is 6.66 Å². The summed E-state index contributed by atoms with van der Waals surface area (Å²) in [4.78, 5) is 0. The third-order valence-corrected chi connectivity index (χ3v) is 19.1. The van der Waals surface area contributed by atoms with E-state index in [1.165, 1.54) is 38.7 Å². The zero-order valence-corrected chi connectivity index (χ0v) is 24.9. The molecule has 3 aliphatic heterocycles. The van der Waals surface area contributed by atoms with Crippen molar-refractivity contribution in [2.45, 2.75) is 0 Å². The normalized spacial score (nSPS) is 22.8. The van der Waals surface area contributed by atoms with Crippen molar-refractivity contribution in [1.29, 1.82) is 0 Å². The molecule has 4 nitrogen and oxygen atoms in total. The summed E-state index contributed by atoms with van der Waals surface area (Å²) in [5, 5.41) is 4.18. The molecule has 0 radical (unpaired) electrons. The molecule has 5 aromatic carbocycles. The fraction of sp³-hybridized carbons (Fsp3) is 0.0323. The molecule has 5 aromatic rings. The van der Waals surface area contributed by atoms with E-state index < -0.39 is 32.9 Å². The van der Waals surface area contributed by atoms with Crippen LogP contribution in [0.4, 0.5) is 22.7 Å². The molecule has 2 atom stereocenters. The maximum atomic E-state index is 2.82. The van der Waals surface area contributed by atoms with Crippen molar-refractivity contribution in [3.05, 3.63) is 140 Å². The summed E-state index contributed by atoms with van der Waals surface area (Å²) in [6.07, 6.45) is 0. The highest BCUT2D eigenvalue weighted by Gasteiger charge is 2.56. The second-order valence-corrected chi connectivity index (χ2v) is 18.2. The summed E-state index contributed by atoms with van der Waals surface area (Å²) in [5.74, 6) is 0. The van der Waals surface area contributed by atoms with Crippen molar-refractivity contribution in [2.75, 3.05) is 24.4 Å². The van der Waals surface area contributed by atoms with Crippen LogP contribution in [0, 0.1) is 0 Å². The lowest BCUT2D eigenvalue weighted by atomic mass is 10.3. The fourth-order valence-electron chi connectivity index (χ4n) is 5.60. The predicted molar refractivity (Wildman–Crippen MR) is 175 cm³/mol. The Hall–Kier alpha value is -2.98. The zero-order valence-electron chi connectivity index (χ0n) is 21.4. The molecule has 0 fully saturated rings. The Balaban J connectivity index is 1.49. The Kier molecular flexibility index (Phi) is 5.87. The van der Waals surface area contributed by atoms with Crippen molar-refractivity contribution < 1.29 is 0 Å². The second-order valence-electron chi connectivity index (χ2n) is 9.50. The molecule has 0 saturated carbocycles. The van der Waals surface area contributed by atoms with E-state index in [1.54, 1.807) is 0 Å². The zero-order chi connectivity index (χ0) is 25.9. The summed E-state index contributed by atoms with van der Waals surface area (Å²) in [6, 6.07) is 51.9. The van der Waals surface area contributed by atoms with E-state index in [9.17, 15) is 0 Å². The Morgan fingerprint density at radius 2 is 0.590 bits per heavy atom. The molecule has 190 valence electrons. The molecule has 3 aliphatic rings. The minimum absolute atomic E-state index is 0.652. The molecule has 39 heavy (non-hydrogen) atoms. The van der Waals surface area contributed by atoms with Gasteiger partial charge < -0.3 is 0 Å². The standard InChI is InChI=1S/C31H26N4P4/c1-36-32-28-21-11-12-22-29(28)33(36)38(26-17-7-3-8-18-26)35-31-24-14-13-23-30(31)34(37(32)25-15-5-2-6-16-25)39(35)27-19-9-4-10-20-27/h2-24H,1H3. The number of benzene rings is 5. The lowest BCUT2D eigenvalue weighted by molar-refractivity contribution is 1.53. The van der Waals surface area contributed by atoms with Crippen molar-refractivity contribution in [1.82, 2.24) is 0 Å². The molecule has 4 bridgehead atoms. The third kappa shape index (κ3) is 3.60. The number of nitrogens with zero attached hydrogens (tertiary/aromatic N) is 4. The molecule has 0 aromatic heterocycles. The van der Waals surface area contributed by atoms with Crippen LogP contribution in [-0.2, 0) is 0 Å². The van der Waals surface area contributed by atoms with Crippen molar-refractivity contribution in [3.63, 3.8) is 0 Å². The summed E-state index contributed by atoms with van der Waals surface area (Å²) in [6.45, 7) is 2.47. The van der Waals surface area contributed by atoms with E-state index in [2.05, 4.69) is 164 Å². The van der Waals surface area contributed by atoms with E-state index in [0.29, 0.717) is 0 Å². The Morgan fingerprint density at radius 3 is 0.923 bits per heavy atom. The Bertz CT molecular complexity index is 1540. The van der Waals surface area contributed by atoms with Crippen LogP contribution in [0.3, 0.4) is 0 Å². The Morgan fingerprint density at radius 1 is 0.333 bits per heavy atom. The lowest BCUT2D eigenvalue weighted by Crippen LogP contribution is -2.36. The van der Waals surface area contributed by atoms with Gasteiger partial charge in [0.05, 0.1) is 22.7 Å². The average molecular weight is 578 g/mol. The first-order chi connectivity index (χ1) is 19.3. The minimum atomic E-state index is -0.866. The van der Waals surface area contributed by atoms with Gasteiger partial charge in [-0.2, -0.15) is 0 Å². The van der Waals surface area contributed by atoms with Gasteiger partial charge in [0, 0.05) is 15.9 Å². The third-order valence-electron chi connectivity index (χ3n) is 7.21. The van der Waals surface area contributed by atoms with E-state index in [4.69, 9.17) is 0 Å². The van der Waals surface area contributed by atoms with Gasteiger partial charge in [-0.05, 0) is 30.9 Å². The number of hydrogen-bond donors (Lipinski definition) is 0. The van der Waals surface area contributed by atoms with Crippen LogP contribution >= 0.6 is 32.9 Å². The maximum absolute atomic E-state index is 2.82. The van der Waals surface area contributed by atoms with Crippen LogP contribution in [0.5, 0.6) is 0 Å². The number of anilines is 4. The van der Waals surface area contributed by atoms with Gasteiger partial charge in [-0.1, -0.05) is 115 Å². The van der Waals surface area contributed by atoms with Crippen LogP contribution in [0.25, 0.3) is 0 Å². The minimum Gasteiger partial charge on any atom is -0.288 e. The first-order valence-corrected chi connectivity index (χ1v) is 18.4. The highest BCUT2D eigenvalue weighted by Crippen LogP contribution is 2.84. The van der Waals surface area contributed by atoms with Gasteiger partial charge in [-0.25, -0.2) is 0 Å². The smallest absolute Gasteiger partial charge is 0.139 e. The summed E-state index contributed by atoms with van der Waals surface area (Å²) in [7, 11) is -3.24. The van der Waals surface area contributed by atoms with E-state index in [-0.39, 0.29) is 0 Å². The average Bonchev–Trinajstić information content (AvgIpc) is 3.50. The van der Waals surface area contributed by atoms with Crippen LogP contribution in [0.1, 0.15) is 0 Å². The van der Waals surface area contributed by atoms with Crippen molar-refractivity contribution in [2.24, 2.45) is 0 Å². The largest absolute Gasteiger partial charge is 0.288 e. The van der Waals surface area contributed by atoms with E-state index in [1.807, 2.05) is 0 Å². The van der Waals surface area contributed by atoms with Gasteiger partial charge in [0.2, 0.25) is 0 Å². The maximum Gasteiger partial charge on any atom is 0.139 e. The monoisotopic (exact) mass is 578 g/mol. The van der Waals surface area contributed by atoms with Gasteiger partial charge in [-0.3, -0.25) is 17.8 Å². The molecule has 3 heterocycles. The molecule has 0 spiro atoms. The molecule has 0 aliphatic carbocycles. The summed E-state index contributed by atoms with van der Waals surface area (Å²) < 4.78 is 11.2. The van der Waals surface area contributed by atoms with Gasteiger partial charge in [0.25, 0.3) is 0 Å². The topological polar surface area (TPSA) is 13.0 Å². The lowest BCUT2D eigenvalue weighted by Gasteiger charge is -2.49. The SMILES string of the molecule is CP1N2c3ccccc3N1P(c1ccccc1)N1c3ccccc3N(P2c2ccccc2)P1c1ccccc1. The first kappa shape index (κ1) is 23.9. The van der Waals surface area contributed by atoms with Crippen LogP contribution in [0.15, 0.2) is 140 Å². The molecule has 0 saturated heterocycles. The summed E-state index contributed by atoms with van der Waals surface area (Å²) in [5.41, 5.74) is 5.42. The predicted octanol–water partition coefficient (Wildman–Crippen LogP) is 8.51. The van der Waals surface area contributed by atoms with Gasteiger partial charge in [0.1, 0.15) is 32.9 Å². The highest BCUT2D eigenvalue weighted by atomic mass is 31.3. The highest BCUT2D eigenvalue weighted by molar-refractivity contribution is 8.01. The fourth-order valence-corrected chi connectivity index (χ4v) is 19.9. The molecular weight excluding hydrogens is 552 g/mol. The molecule has 2 unspecified atom stereocenters. The van der Waals surface area contributed by atoms with E-state index >= 15 is 0 Å². The quantitative estimate of drug-likeness (QED) is 0.199. The molecule has 0 N–H and O–H groups in total. The van der Waals surface area contributed by atoms with Gasteiger partial charge >= 0.3 is 0 Å². The van der Waals surface area contributed by atoms with Crippen molar-refractivity contribution >= 4 is 71.6 Å². The van der Waals surface area contributed by atoms with Crippen molar-refractivity contribution in [3.8, 4) is 0 Å². The molecular formula is C31H26N4P4. The number of para-hydroxylation sites is 4. The second kappa shape index (κ2) is 9.59. The number of fused-ring (bicyclic) bond motifs is 5.